The van der Waals surface area contributed by atoms with Crippen LogP contribution in [0.4, 0.5) is 11.5 Å². The molecule has 1 amide bonds. The quantitative estimate of drug-likeness (QED) is 0.749. The van der Waals surface area contributed by atoms with Gasteiger partial charge in [0.05, 0.1) is 0 Å². The fourth-order valence-corrected chi connectivity index (χ4v) is 3.34. The lowest BCUT2D eigenvalue weighted by atomic mass is 10.1. The number of hydrogen-bond acceptors (Lipinski definition) is 6. The average molecular weight is 377 g/mol. The molecule has 144 valence electrons. The van der Waals surface area contributed by atoms with Crippen LogP contribution in [0.2, 0.25) is 0 Å². The molecule has 0 atom stereocenters. The molecular weight excluding hydrogens is 354 g/mol. The second-order valence-electron chi connectivity index (χ2n) is 6.70. The van der Waals surface area contributed by atoms with Crippen molar-refractivity contribution in [2.75, 3.05) is 43.4 Å². The summed E-state index contributed by atoms with van der Waals surface area (Å²) in [4.78, 5) is 21.0. The molecule has 3 heterocycles. The number of aromatic nitrogens is 4. The summed E-state index contributed by atoms with van der Waals surface area (Å²) in [5, 5.41) is 11.7. The smallest absolute Gasteiger partial charge is 0.253 e. The Morgan fingerprint density at radius 1 is 0.964 bits per heavy atom. The number of imidazole rings is 1. The van der Waals surface area contributed by atoms with Crippen molar-refractivity contribution in [3.05, 3.63) is 60.2 Å². The highest BCUT2D eigenvalue weighted by Gasteiger charge is 2.23. The highest BCUT2D eigenvalue weighted by molar-refractivity contribution is 5.94. The van der Waals surface area contributed by atoms with E-state index in [0.29, 0.717) is 18.7 Å². The van der Waals surface area contributed by atoms with Crippen molar-refractivity contribution >= 4 is 17.4 Å². The molecule has 1 aliphatic heterocycles. The fraction of sp³-hybridized carbons (Fsp3) is 0.300. The van der Waals surface area contributed by atoms with E-state index < -0.39 is 0 Å². The van der Waals surface area contributed by atoms with Crippen molar-refractivity contribution in [1.29, 1.82) is 0 Å². The summed E-state index contributed by atoms with van der Waals surface area (Å²) in [5.74, 6) is 2.51. The highest BCUT2D eigenvalue weighted by Crippen LogP contribution is 2.17. The van der Waals surface area contributed by atoms with Crippen LogP contribution in [0, 0.1) is 6.92 Å². The summed E-state index contributed by atoms with van der Waals surface area (Å²) in [6.07, 6.45) is 3.61. The Bertz CT molecular complexity index is 941. The second kappa shape index (κ2) is 7.67. The van der Waals surface area contributed by atoms with Gasteiger partial charge in [0.25, 0.3) is 5.91 Å². The van der Waals surface area contributed by atoms with Crippen molar-refractivity contribution in [3.8, 4) is 5.82 Å². The summed E-state index contributed by atoms with van der Waals surface area (Å²) < 4.78 is 1.90. The Labute approximate surface area is 163 Å². The third kappa shape index (κ3) is 3.53. The molecule has 2 aromatic heterocycles. The Morgan fingerprint density at radius 3 is 2.21 bits per heavy atom. The van der Waals surface area contributed by atoms with Crippen molar-refractivity contribution in [3.63, 3.8) is 0 Å². The lowest BCUT2D eigenvalue weighted by molar-refractivity contribution is 0.0746. The Hall–Kier alpha value is -3.42. The van der Waals surface area contributed by atoms with Gasteiger partial charge in [-0.25, -0.2) is 4.98 Å². The number of piperazine rings is 1. The molecule has 1 aromatic carbocycles. The van der Waals surface area contributed by atoms with E-state index in [0.717, 1.165) is 36.2 Å². The highest BCUT2D eigenvalue weighted by atomic mass is 16.2. The summed E-state index contributed by atoms with van der Waals surface area (Å²) in [7, 11) is 1.86. The minimum atomic E-state index is 0.0688. The van der Waals surface area contributed by atoms with Crippen LogP contribution in [0.1, 0.15) is 16.2 Å². The Morgan fingerprint density at radius 2 is 1.64 bits per heavy atom. The largest absolute Gasteiger partial charge is 0.388 e. The van der Waals surface area contributed by atoms with Crippen LogP contribution in [0.25, 0.3) is 5.82 Å². The molecule has 8 heteroatoms. The van der Waals surface area contributed by atoms with E-state index in [1.165, 1.54) is 0 Å². The predicted octanol–water partition coefficient (Wildman–Crippen LogP) is 1.97. The standard InChI is InChI=1S/C20H23N7O/c1-15-22-9-10-27(15)19-8-7-18(23-24-19)25-11-13-26(14-12-25)20(28)16-3-5-17(21-2)6-4-16/h3-10,21H,11-14H2,1-2H3. The van der Waals surface area contributed by atoms with E-state index in [2.05, 4.69) is 25.4 Å². The third-order valence-electron chi connectivity index (χ3n) is 5.02. The molecule has 28 heavy (non-hydrogen) atoms. The maximum absolute atomic E-state index is 12.7. The predicted molar refractivity (Wildman–Crippen MR) is 108 cm³/mol. The van der Waals surface area contributed by atoms with Gasteiger partial charge >= 0.3 is 0 Å². The zero-order valence-corrected chi connectivity index (χ0v) is 16.0. The first kappa shape index (κ1) is 18.0. The number of anilines is 2. The summed E-state index contributed by atoms with van der Waals surface area (Å²) in [5.41, 5.74) is 1.71. The van der Waals surface area contributed by atoms with Crippen molar-refractivity contribution in [2.24, 2.45) is 0 Å². The van der Waals surface area contributed by atoms with Crippen LogP contribution < -0.4 is 10.2 Å². The van der Waals surface area contributed by atoms with Crippen molar-refractivity contribution in [2.45, 2.75) is 6.92 Å². The van der Waals surface area contributed by atoms with E-state index in [4.69, 9.17) is 0 Å². The normalized spacial score (nSPS) is 14.2. The third-order valence-corrected chi connectivity index (χ3v) is 5.02. The minimum Gasteiger partial charge on any atom is -0.388 e. The van der Waals surface area contributed by atoms with E-state index in [1.54, 1.807) is 6.20 Å². The van der Waals surface area contributed by atoms with Gasteiger partial charge in [-0.15, -0.1) is 10.2 Å². The molecule has 4 rings (SSSR count). The SMILES string of the molecule is CNc1ccc(C(=O)N2CCN(c3ccc(-n4ccnc4C)nn3)CC2)cc1. The number of carbonyl (C=O) groups is 1. The number of rotatable bonds is 4. The molecular formula is C20H23N7O. The van der Waals surface area contributed by atoms with E-state index in [-0.39, 0.29) is 5.91 Å². The Balaban J connectivity index is 1.38. The zero-order chi connectivity index (χ0) is 19.5. The molecule has 1 aliphatic rings. The molecule has 1 saturated heterocycles. The van der Waals surface area contributed by atoms with Crippen molar-refractivity contribution < 1.29 is 4.79 Å². The van der Waals surface area contributed by atoms with E-state index in [9.17, 15) is 4.79 Å². The first-order valence-corrected chi connectivity index (χ1v) is 9.32. The monoisotopic (exact) mass is 377 g/mol. The van der Waals surface area contributed by atoms with Gasteiger partial charge < -0.3 is 15.1 Å². The van der Waals surface area contributed by atoms with E-state index >= 15 is 0 Å². The van der Waals surface area contributed by atoms with Crippen LogP contribution in [0.15, 0.2) is 48.8 Å². The number of carbonyl (C=O) groups excluding carboxylic acids is 1. The van der Waals surface area contributed by atoms with Gasteiger partial charge in [0.1, 0.15) is 5.82 Å². The summed E-state index contributed by atoms with van der Waals surface area (Å²) >= 11 is 0. The van der Waals surface area contributed by atoms with Crippen LogP contribution in [-0.4, -0.2) is 63.8 Å². The van der Waals surface area contributed by atoms with Gasteiger partial charge in [-0.05, 0) is 43.3 Å². The molecule has 0 aliphatic carbocycles. The van der Waals surface area contributed by atoms with Crippen LogP contribution in [0.3, 0.4) is 0 Å². The molecule has 0 radical (unpaired) electrons. The molecule has 3 aromatic rings. The lowest BCUT2D eigenvalue weighted by Crippen LogP contribution is -2.49. The van der Waals surface area contributed by atoms with E-state index in [1.807, 2.05) is 66.0 Å². The molecule has 0 saturated carbocycles. The second-order valence-corrected chi connectivity index (χ2v) is 6.70. The number of hydrogen-bond donors (Lipinski definition) is 1. The molecule has 1 N–H and O–H groups in total. The number of benzene rings is 1. The van der Waals surface area contributed by atoms with Gasteiger partial charge in [0, 0.05) is 56.9 Å². The molecule has 8 nitrogen and oxygen atoms in total. The van der Waals surface area contributed by atoms with Crippen LogP contribution >= 0.6 is 0 Å². The van der Waals surface area contributed by atoms with Crippen LogP contribution in [-0.2, 0) is 0 Å². The molecule has 0 unspecified atom stereocenters. The fourth-order valence-electron chi connectivity index (χ4n) is 3.34. The lowest BCUT2D eigenvalue weighted by Gasteiger charge is -2.35. The van der Waals surface area contributed by atoms with Crippen LogP contribution in [0.5, 0.6) is 0 Å². The summed E-state index contributed by atoms with van der Waals surface area (Å²) in [6.45, 7) is 4.72. The average Bonchev–Trinajstić information content (AvgIpc) is 3.19. The number of nitrogens with zero attached hydrogens (tertiary/aromatic N) is 6. The van der Waals surface area contributed by atoms with Crippen molar-refractivity contribution in [1.82, 2.24) is 24.6 Å². The van der Waals surface area contributed by atoms with Gasteiger partial charge in [0.15, 0.2) is 11.6 Å². The molecule has 0 bridgehead atoms. The van der Waals surface area contributed by atoms with Gasteiger partial charge in [-0.2, -0.15) is 0 Å². The number of aryl methyl sites for hydroxylation is 1. The molecule has 1 fully saturated rings. The minimum absolute atomic E-state index is 0.0688. The molecule has 0 spiro atoms. The maximum Gasteiger partial charge on any atom is 0.253 e. The van der Waals surface area contributed by atoms with Gasteiger partial charge in [-0.1, -0.05) is 0 Å². The zero-order valence-electron chi connectivity index (χ0n) is 16.0. The van der Waals surface area contributed by atoms with Gasteiger partial charge in [0.2, 0.25) is 0 Å². The number of nitrogens with one attached hydrogen (secondary N) is 1. The number of amides is 1. The topological polar surface area (TPSA) is 79.2 Å². The maximum atomic E-state index is 12.7. The first-order valence-electron chi connectivity index (χ1n) is 9.32. The first-order chi connectivity index (χ1) is 13.7. The Kier molecular flexibility index (Phi) is 4.92. The van der Waals surface area contributed by atoms with Gasteiger partial charge in [-0.3, -0.25) is 9.36 Å². The summed E-state index contributed by atoms with van der Waals surface area (Å²) in [6, 6.07) is 11.5.